The second-order valence-corrected chi connectivity index (χ2v) is 4.48. The normalized spacial score (nSPS) is 10.4. The van der Waals surface area contributed by atoms with Crippen LogP contribution in [0.2, 0.25) is 0 Å². The molecule has 106 valence electrons. The van der Waals surface area contributed by atoms with Crippen molar-refractivity contribution >= 4 is 5.82 Å². The van der Waals surface area contributed by atoms with E-state index < -0.39 is 5.82 Å². The van der Waals surface area contributed by atoms with Crippen LogP contribution in [0.3, 0.4) is 0 Å². The van der Waals surface area contributed by atoms with Gasteiger partial charge in [0.2, 0.25) is 5.88 Å². The van der Waals surface area contributed by atoms with Gasteiger partial charge in [-0.15, -0.1) is 0 Å². The minimum Gasteiger partial charge on any atom is -0.479 e. The number of aryl methyl sites for hydroxylation is 2. The van der Waals surface area contributed by atoms with Gasteiger partial charge < -0.3 is 10.1 Å². The summed E-state index contributed by atoms with van der Waals surface area (Å²) >= 11 is 0. The Hall–Kier alpha value is -2.17. The number of halogens is 1. The first-order valence-electron chi connectivity index (χ1n) is 6.52. The maximum atomic E-state index is 13.5. The molecule has 1 N–H and O–H groups in total. The highest BCUT2D eigenvalue weighted by molar-refractivity contribution is 5.39. The molecule has 20 heavy (non-hydrogen) atoms. The van der Waals surface area contributed by atoms with Gasteiger partial charge in [-0.05, 0) is 36.6 Å². The van der Waals surface area contributed by atoms with Crippen LogP contribution in [0.25, 0.3) is 0 Å². The van der Waals surface area contributed by atoms with Gasteiger partial charge in [0.25, 0.3) is 0 Å². The van der Waals surface area contributed by atoms with Crippen LogP contribution in [-0.2, 0) is 13.0 Å². The van der Waals surface area contributed by atoms with Gasteiger partial charge in [-0.25, -0.2) is 14.4 Å². The Morgan fingerprint density at radius 3 is 2.75 bits per heavy atom. The van der Waals surface area contributed by atoms with Crippen molar-refractivity contribution in [2.45, 2.75) is 26.8 Å². The number of methoxy groups -OCH3 is 1. The van der Waals surface area contributed by atoms with Gasteiger partial charge in [-0.2, -0.15) is 0 Å². The van der Waals surface area contributed by atoms with Gasteiger partial charge in [-0.3, -0.25) is 0 Å². The molecule has 0 bridgehead atoms. The fraction of sp³-hybridized carbons (Fsp3) is 0.333. The summed E-state index contributed by atoms with van der Waals surface area (Å²) in [4.78, 5) is 8.36. The van der Waals surface area contributed by atoms with Crippen LogP contribution in [0.5, 0.6) is 5.88 Å². The number of nitrogens with one attached hydrogen (secondary N) is 1. The zero-order chi connectivity index (χ0) is 14.5. The fourth-order valence-corrected chi connectivity index (χ4v) is 1.97. The first-order valence-corrected chi connectivity index (χ1v) is 6.52. The van der Waals surface area contributed by atoms with E-state index in [-0.39, 0.29) is 5.88 Å². The summed E-state index contributed by atoms with van der Waals surface area (Å²) in [5, 5.41) is 3.16. The minimum atomic E-state index is -0.461. The molecule has 2 aromatic rings. The van der Waals surface area contributed by atoms with Crippen LogP contribution in [0.4, 0.5) is 10.2 Å². The third-order valence-electron chi connectivity index (χ3n) is 3.11. The summed E-state index contributed by atoms with van der Waals surface area (Å²) < 4.78 is 18.3. The lowest BCUT2D eigenvalue weighted by atomic mass is 10.1. The molecule has 5 heteroatoms. The predicted molar refractivity (Wildman–Crippen MR) is 76.4 cm³/mol. The van der Waals surface area contributed by atoms with Crippen LogP contribution in [-0.4, -0.2) is 17.1 Å². The molecule has 0 spiro atoms. The zero-order valence-corrected chi connectivity index (χ0v) is 11.9. The van der Waals surface area contributed by atoms with Crippen molar-refractivity contribution in [2.75, 3.05) is 12.4 Å². The van der Waals surface area contributed by atoms with Crippen LogP contribution in [0, 0.1) is 12.7 Å². The largest absolute Gasteiger partial charge is 0.479 e. The molecule has 0 saturated carbocycles. The average Bonchev–Trinajstić information content (AvgIpc) is 2.45. The fourth-order valence-electron chi connectivity index (χ4n) is 1.97. The summed E-state index contributed by atoms with van der Waals surface area (Å²) in [5.41, 5.74) is 2.98. The molecule has 0 aliphatic heterocycles. The molecule has 2 heterocycles. The first-order chi connectivity index (χ1) is 9.63. The third kappa shape index (κ3) is 3.23. The van der Waals surface area contributed by atoms with Gasteiger partial charge in [0.1, 0.15) is 5.82 Å². The van der Waals surface area contributed by atoms with E-state index in [0.717, 1.165) is 23.5 Å². The highest BCUT2D eigenvalue weighted by atomic mass is 19.1. The number of pyridine rings is 2. The van der Waals surface area contributed by atoms with Crippen LogP contribution >= 0.6 is 0 Å². The van der Waals surface area contributed by atoms with Gasteiger partial charge in [0, 0.05) is 18.4 Å². The highest BCUT2D eigenvalue weighted by Crippen LogP contribution is 2.15. The van der Waals surface area contributed by atoms with Gasteiger partial charge in [-0.1, -0.05) is 13.0 Å². The van der Waals surface area contributed by atoms with E-state index in [9.17, 15) is 4.39 Å². The molecule has 4 nitrogen and oxygen atoms in total. The SMILES string of the molecule is CCc1ccc(NCc2cnc(OC)c(F)c2)nc1C. The van der Waals surface area contributed by atoms with Crippen molar-refractivity contribution in [3.8, 4) is 5.88 Å². The van der Waals surface area contributed by atoms with Crippen molar-refractivity contribution in [2.24, 2.45) is 0 Å². The average molecular weight is 275 g/mol. The smallest absolute Gasteiger partial charge is 0.250 e. The Morgan fingerprint density at radius 1 is 1.35 bits per heavy atom. The molecular formula is C15H18FN3O. The molecule has 2 aromatic heterocycles. The maximum absolute atomic E-state index is 13.5. The molecular weight excluding hydrogens is 257 g/mol. The number of rotatable bonds is 5. The van der Waals surface area contributed by atoms with E-state index >= 15 is 0 Å². The quantitative estimate of drug-likeness (QED) is 0.910. The van der Waals surface area contributed by atoms with E-state index in [1.165, 1.54) is 18.7 Å². The standard InChI is InChI=1S/C15H18FN3O/c1-4-12-5-6-14(19-10(12)2)17-8-11-7-13(16)15(20-3)18-9-11/h5-7,9H,4,8H2,1-3H3,(H,17,19). The molecule has 0 radical (unpaired) electrons. The predicted octanol–water partition coefficient (Wildman–Crippen LogP) is 3.11. The van der Waals surface area contributed by atoms with Crippen molar-refractivity contribution in [3.05, 3.63) is 47.0 Å². The first kappa shape index (κ1) is 14.2. The summed E-state index contributed by atoms with van der Waals surface area (Å²) in [7, 11) is 1.39. The van der Waals surface area contributed by atoms with Crippen molar-refractivity contribution in [1.82, 2.24) is 9.97 Å². The lowest BCUT2D eigenvalue weighted by Gasteiger charge is -2.09. The molecule has 0 aromatic carbocycles. The molecule has 0 aliphatic carbocycles. The number of hydrogen-bond donors (Lipinski definition) is 1. The summed E-state index contributed by atoms with van der Waals surface area (Å²) in [6, 6.07) is 5.39. The van der Waals surface area contributed by atoms with Gasteiger partial charge >= 0.3 is 0 Å². The Bertz CT molecular complexity index is 548. The molecule has 0 atom stereocenters. The number of aromatic nitrogens is 2. The lowest BCUT2D eigenvalue weighted by molar-refractivity contribution is 0.368. The van der Waals surface area contributed by atoms with E-state index in [4.69, 9.17) is 4.74 Å². The highest BCUT2D eigenvalue weighted by Gasteiger charge is 2.05. The van der Waals surface area contributed by atoms with Gasteiger partial charge in [0.05, 0.1) is 7.11 Å². The monoisotopic (exact) mass is 275 g/mol. The molecule has 0 unspecified atom stereocenters. The zero-order valence-electron chi connectivity index (χ0n) is 11.9. The van der Waals surface area contributed by atoms with E-state index in [1.807, 2.05) is 13.0 Å². The van der Waals surface area contributed by atoms with Crippen molar-refractivity contribution in [3.63, 3.8) is 0 Å². The van der Waals surface area contributed by atoms with Gasteiger partial charge in [0.15, 0.2) is 5.82 Å². The number of ether oxygens (including phenoxy) is 1. The Labute approximate surface area is 118 Å². The third-order valence-corrected chi connectivity index (χ3v) is 3.11. The maximum Gasteiger partial charge on any atom is 0.250 e. The summed E-state index contributed by atoms with van der Waals surface area (Å²) in [6.45, 7) is 4.55. The number of anilines is 1. The lowest BCUT2D eigenvalue weighted by Crippen LogP contribution is -2.04. The van der Waals surface area contributed by atoms with Crippen molar-refractivity contribution < 1.29 is 9.13 Å². The Kier molecular flexibility index (Phi) is 4.50. The Morgan fingerprint density at radius 2 is 2.15 bits per heavy atom. The molecule has 0 saturated heterocycles. The molecule has 0 aliphatic rings. The molecule has 0 amide bonds. The van der Waals surface area contributed by atoms with Crippen LogP contribution in [0.15, 0.2) is 24.4 Å². The molecule has 2 rings (SSSR count). The minimum absolute atomic E-state index is 0.00928. The summed E-state index contributed by atoms with van der Waals surface area (Å²) in [5.74, 6) is 0.322. The van der Waals surface area contributed by atoms with E-state index in [1.54, 1.807) is 6.20 Å². The topological polar surface area (TPSA) is 47.0 Å². The van der Waals surface area contributed by atoms with Crippen molar-refractivity contribution in [1.29, 1.82) is 0 Å². The second-order valence-electron chi connectivity index (χ2n) is 4.48. The van der Waals surface area contributed by atoms with E-state index in [0.29, 0.717) is 6.54 Å². The van der Waals surface area contributed by atoms with Crippen LogP contribution < -0.4 is 10.1 Å². The number of hydrogen-bond acceptors (Lipinski definition) is 4. The number of nitrogens with zero attached hydrogens (tertiary/aromatic N) is 2. The molecule has 0 fully saturated rings. The van der Waals surface area contributed by atoms with Crippen LogP contribution in [0.1, 0.15) is 23.7 Å². The summed E-state index contributed by atoms with van der Waals surface area (Å²) in [6.07, 6.45) is 2.55. The second kappa shape index (κ2) is 6.32. The Balaban J connectivity index is 2.05. The van der Waals surface area contributed by atoms with E-state index in [2.05, 4.69) is 28.3 Å².